The highest BCUT2D eigenvalue weighted by molar-refractivity contribution is 6.88. The molecule has 100 valence electrons. The first-order chi connectivity index (χ1) is 8.36. The molecule has 1 heterocycles. The highest BCUT2D eigenvalue weighted by Crippen LogP contribution is 2.23. The predicted octanol–water partition coefficient (Wildman–Crippen LogP) is 3.32. The number of nitrogens with zero attached hydrogens (tertiary/aromatic N) is 1. The van der Waals surface area contributed by atoms with E-state index >= 15 is 0 Å². The van der Waals surface area contributed by atoms with Gasteiger partial charge < -0.3 is 0 Å². The second-order valence-corrected chi connectivity index (χ2v) is 12.2. The van der Waals surface area contributed by atoms with E-state index in [0.717, 1.165) is 18.4 Å². The number of hydrogen-bond donors (Lipinski definition) is 0. The zero-order valence-corrected chi connectivity index (χ0v) is 13.5. The molecule has 2 heteroatoms. The van der Waals surface area contributed by atoms with Crippen LogP contribution < -0.4 is 5.19 Å². The maximum Gasteiger partial charge on any atom is 0.0775 e. The van der Waals surface area contributed by atoms with Gasteiger partial charge in [0.05, 0.1) is 8.07 Å². The van der Waals surface area contributed by atoms with Gasteiger partial charge in [0.2, 0.25) is 0 Å². The molecule has 0 aliphatic carbocycles. The molecule has 0 radical (unpaired) electrons. The molecular formula is C16H27NSi. The molecule has 1 aliphatic rings. The van der Waals surface area contributed by atoms with Gasteiger partial charge in [-0.15, -0.1) is 0 Å². The third-order valence-electron chi connectivity index (χ3n) is 4.29. The van der Waals surface area contributed by atoms with Crippen molar-refractivity contribution in [1.29, 1.82) is 0 Å². The molecule has 2 atom stereocenters. The summed E-state index contributed by atoms with van der Waals surface area (Å²) in [7, 11) is -1.14. The van der Waals surface area contributed by atoms with Crippen LogP contribution in [0.5, 0.6) is 0 Å². The smallest absolute Gasteiger partial charge is 0.0775 e. The van der Waals surface area contributed by atoms with Crippen LogP contribution in [0.2, 0.25) is 19.6 Å². The molecule has 1 saturated heterocycles. The van der Waals surface area contributed by atoms with Crippen molar-refractivity contribution in [2.75, 3.05) is 13.1 Å². The van der Waals surface area contributed by atoms with Crippen LogP contribution in [0.25, 0.3) is 0 Å². The van der Waals surface area contributed by atoms with Gasteiger partial charge in [0, 0.05) is 19.6 Å². The van der Waals surface area contributed by atoms with Gasteiger partial charge in [-0.05, 0) is 17.4 Å². The average molecular weight is 261 g/mol. The number of rotatable bonds is 3. The summed E-state index contributed by atoms with van der Waals surface area (Å²) < 4.78 is 0. The summed E-state index contributed by atoms with van der Waals surface area (Å²) >= 11 is 0. The Morgan fingerprint density at radius 3 is 1.94 bits per heavy atom. The maximum absolute atomic E-state index is 2.60. The largest absolute Gasteiger partial charge is 0.299 e. The summed E-state index contributed by atoms with van der Waals surface area (Å²) in [6.07, 6.45) is 0. The lowest BCUT2D eigenvalue weighted by atomic mass is 10.0. The second-order valence-electron chi connectivity index (χ2n) is 7.10. The number of benzene rings is 1. The van der Waals surface area contributed by atoms with Crippen LogP contribution in [0.15, 0.2) is 24.3 Å². The van der Waals surface area contributed by atoms with Gasteiger partial charge in [-0.1, -0.05) is 62.9 Å². The minimum Gasteiger partial charge on any atom is -0.299 e. The minimum atomic E-state index is -1.14. The Labute approximate surface area is 113 Å². The molecule has 0 spiro atoms. The molecule has 1 fully saturated rings. The lowest BCUT2D eigenvalue weighted by Gasteiger charge is -2.19. The highest BCUT2D eigenvalue weighted by Gasteiger charge is 2.25. The summed E-state index contributed by atoms with van der Waals surface area (Å²) in [6, 6.07) is 9.37. The molecule has 0 amide bonds. The third kappa shape index (κ3) is 3.24. The molecule has 0 N–H and O–H groups in total. The lowest BCUT2D eigenvalue weighted by Crippen LogP contribution is -2.37. The topological polar surface area (TPSA) is 3.24 Å². The van der Waals surface area contributed by atoms with Crippen LogP contribution in [0, 0.1) is 11.8 Å². The molecule has 2 rings (SSSR count). The van der Waals surface area contributed by atoms with E-state index in [2.05, 4.69) is 62.7 Å². The zero-order chi connectivity index (χ0) is 13.3. The van der Waals surface area contributed by atoms with Gasteiger partial charge in [-0.25, -0.2) is 0 Å². The molecule has 1 aromatic rings. The second kappa shape index (κ2) is 5.18. The lowest BCUT2D eigenvalue weighted by molar-refractivity contribution is 0.316. The van der Waals surface area contributed by atoms with E-state index in [-0.39, 0.29) is 0 Å². The molecule has 1 aromatic carbocycles. The SMILES string of the molecule is CC1CN(Cc2ccc([Si](C)(C)C)cc2)CC1C. The fourth-order valence-electron chi connectivity index (χ4n) is 2.75. The van der Waals surface area contributed by atoms with E-state index in [9.17, 15) is 0 Å². The van der Waals surface area contributed by atoms with Crippen molar-refractivity contribution in [1.82, 2.24) is 4.90 Å². The number of hydrogen-bond acceptors (Lipinski definition) is 1. The van der Waals surface area contributed by atoms with Crippen LogP contribution in [-0.2, 0) is 6.54 Å². The molecular weight excluding hydrogens is 234 g/mol. The van der Waals surface area contributed by atoms with Crippen molar-refractivity contribution < 1.29 is 0 Å². The molecule has 0 bridgehead atoms. The Hall–Kier alpha value is -0.603. The van der Waals surface area contributed by atoms with E-state index in [0.29, 0.717) is 0 Å². The van der Waals surface area contributed by atoms with Crippen molar-refractivity contribution in [3.05, 3.63) is 29.8 Å². The molecule has 1 nitrogen and oxygen atoms in total. The van der Waals surface area contributed by atoms with E-state index in [1.54, 1.807) is 5.19 Å². The monoisotopic (exact) mass is 261 g/mol. The normalized spacial score (nSPS) is 25.6. The van der Waals surface area contributed by atoms with Crippen molar-refractivity contribution >= 4 is 13.3 Å². The van der Waals surface area contributed by atoms with E-state index in [4.69, 9.17) is 0 Å². The summed E-state index contributed by atoms with van der Waals surface area (Å²) in [4.78, 5) is 2.60. The maximum atomic E-state index is 2.60. The highest BCUT2D eigenvalue weighted by atomic mass is 28.3. The molecule has 0 saturated carbocycles. The zero-order valence-electron chi connectivity index (χ0n) is 12.5. The fourth-order valence-corrected chi connectivity index (χ4v) is 3.91. The van der Waals surface area contributed by atoms with Crippen LogP contribution in [0.4, 0.5) is 0 Å². The predicted molar refractivity (Wildman–Crippen MR) is 83.0 cm³/mol. The molecule has 2 unspecified atom stereocenters. The summed E-state index contributed by atoms with van der Waals surface area (Å²) in [6.45, 7) is 15.6. The van der Waals surface area contributed by atoms with Crippen LogP contribution >= 0.6 is 0 Å². The van der Waals surface area contributed by atoms with E-state index in [1.165, 1.54) is 18.7 Å². The van der Waals surface area contributed by atoms with Gasteiger partial charge in [-0.2, -0.15) is 0 Å². The Kier molecular flexibility index (Phi) is 3.98. The van der Waals surface area contributed by atoms with Gasteiger partial charge in [-0.3, -0.25) is 4.90 Å². The van der Waals surface area contributed by atoms with Crippen molar-refractivity contribution in [3.8, 4) is 0 Å². The minimum absolute atomic E-state index is 0.853. The molecule has 1 aliphatic heterocycles. The van der Waals surface area contributed by atoms with Crippen LogP contribution in [0.1, 0.15) is 19.4 Å². The van der Waals surface area contributed by atoms with Crippen LogP contribution in [-0.4, -0.2) is 26.1 Å². The summed E-state index contributed by atoms with van der Waals surface area (Å²) in [5.41, 5.74) is 1.47. The summed E-state index contributed by atoms with van der Waals surface area (Å²) in [5.74, 6) is 1.71. The first-order valence-corrected chi connectivity index (χ1v) is 10.7. The van der Waals surface area contributed by atoms with Crippen molar-refractivity contribution in [2.24, 2.45) is 11.8 Å². The van der Waals surface area contributed by atoms with Gasteiger partial charge >= 0.3 is 0 Å². The van der Waals surface area contributed by atoms with E-state index < -0.39 is 8.07 Å². The Morgan fingerprint density at radius 1 is 1.00 bits per heavy atom. The summed E-state index contributed by atoms with van der Waals surface area (Å²) in [5, 5.41) is 1.56. The Balaban J connectivity index is 1.99. The first kappa shape index (κ1) is 13.8. The fraction of sp³-hybridized carbons (Fsp3) is 0.625. The Bertz CT molecular complexity index is 381. The third-order valence-corrected chi connectivity index (χ3v) is 6.36. The molecule has 0 aromatic heterocycles. The van der Waals surface area contributed by atoms with Crippen LogP contribution in [0.3, 0.4) is 0 Å². The van der Waals surface area contributed by atoms with Gasteiger partial charge in [0.1, 0.15) is 0 Å². The Morgan fingerprint density at radius 2 is 1.50 bits per heavy atom. The standard InChI is InChI=1S/C16H27NSi/c1-13-10-17(11-14(13)2)12-15-6-8-16(9-7-15)18(3,4)5/h6-9,13-14H,10-12H2,1-5H3. The average Bonchev–Trinajstić information content (AvgIpc) is 2.57. The van der Waals surface area contributed by atoms with Gasteiger partial charge in [0.25, 0.3) is 0 Å². The first-order valence-electron chi connectivity index (χ1n) is 7.18. The van der Waals surface area contributed by atoms with Crippen molar-refractivity contribution in [2.45, 2.75) is 40.0 Å². The molecule has 18 heavy (non-hydrogen) atoms. The van der Waals surface area contributed by atoms with Crippen molar-refractivity contribution in [3.63, 3.8) is 0 Å². The number of likely N-dealkylation sites (tertiary alicyclic amines) is 1. The quantitative estimate of drug-likeness (QED) is 0.755. The van der Waals surface area contributed by atoms with Gasteiger partial charge in [0.15, 0.2) is 0 Å². The van der Waals surface area contributed by atoms with E-state index in [1.807, 2.05) is 0 Å².